The fraction of sp³-hybridized carbons (Fsp3) is 0.625. The summed E-state index contributed by atoms with van der Waals surface area (Å²) in [5.41, 5.74) is -5.39. The van der Waals surface area contributed by atoms with Crippen molar-refractivity contribution in [3.05, 3.63) is 0 Å². The zero-order valence-corrected chi connectivity index (χ0v) is 15.9. The van der Waals surface area contributed by atoms with Crippen LogP contribution in [0.3, 0.4) is 0 Å². The first-order valence-electron chi connectivity index (χ1n) is 8.63. The first-order chi connectivity index (χ1) is 13.7. The van der Waals surface area contributed by atoms with Crippen LogP contribution in [0.2, 0.25) is 0 Å². The Balaban J connectivity index is 2.55. The molecular formula is C16H22N2O12. The molecule has 1 aliphatic rings. The molecule has 1 aliphatic heterocycles. The summed E-state index contributed by atoms with van der Waals surface area (Å²) in [7, 11) is 0. The number of nitrogens with one attached hydrogen (secondary N) is 1. The Hall–Kier alpha value is -3.26. The van der Waals surface area contributed by atoms with Gasteiger partial charge in [0.25, 0.3) is 0 Å². The van der Waals surface area contributed by atoms with Crippen molar-refractivity contribution < 1.29 is 59.0 Å². The summed E-state index contributed by atoms with van der Waals surface area (Å²) >= 11 is 0. The van der Waals surface area contributed by atoms with E-state index in [0.29, 0.717) is 4.90 Å². The van der Waals surface area contributed by atoms with E-state index in [0.717, 1.165) is 0 Å². The Morgan fingerprint density at radius 2 is 1.80 bits per heavy atom. The quantitative estimate of drug-likeness (QED) is 0.142. The van der Waals surface area contributed by atoms with Crippen molar-refractivity contribution in [2.75, 3.05) is 13.2 Å². The summed E-state index contributed by atoms with van der Waals surface area (Å²) < 4.78 is 4.63. The van der Waals surface area contributed by atoms with Crippen molar-refractivity contribution in [3.8, 4) is 0 Å². The minimum Gasteiger partial charge on any atom is -0.481 e. The van der Waals surface area contributed by atoms with Gasteiger partial charge in [0.15, 0.2) is 5.60 Å². The fourth-order valence-corrected chi connectivity index (χ4v) is 2.83. The molecule has 30 heavy (non-hydrogen) atoms. The highest BCUT2D eigenvalue weighted by atomic mass is 16.5. The largest absolute Gasteiger partial charge is 0.481 e. The van der Waals surface area contributed by atoms with E-state index in [-0.39, 0.29) is 19.4 Å². The number of rotatable bonds is 11. The van der Waals surface area contributed by atoms with Crippen molar-refractivity contribution in [2.45, 2.75) is 50.0 Å². The number of hydrogen-bond donors (Lipinski definition) is 6. The summed E-state index contributed by atoms with van der Waals surface area (Å²) in [4.78, 5) is 69.0. The van der Waals surface area contributed by atoms with Crippen LogP contribution in [0, 0.1) is 0 Å². The molecule has 0 radical (unpaired) electrons. The summed E-state index contributed by atoms with van der Waals surface area (Å²) in [6.07, 6.45) is -3.03. The fourth-order valence-electron chi connectivity index (χ4n) is 2.83. The van der Waals surface area contributed by atoms with E-state index in [1.165, 1.54) is 6.92 Å². The molecule has 0 aromatic heterocycles. The maximum Gasteiger partial charge on any atom is 0.357 e. The highest BCUT2D eigenvalue weighted by molar-refractivity contribution is 5.94. The Morgan fingerprint density at radius 1 is 1.20 bits per heavy atom. The molecule has 1 heterocycles. The van der Waals surface area contributed by atoms with Gasteiger partial charge in [-0.1, -0.05) is 0 Å². The topological polar surface area (TPSA) is 228 Å². The van der Waals surface area contributed by atoms with Crippen LogP contribution < -0.4 is 5.32 Å². The van der Waals surface area contributed by atoms with Crippen molar-refractivity contribution in [1.82, 2.24) is 10.2 Å². The summed E-state index contributed by atoms with van der Waals surface area (Å²) in [6.45, 7) is 0.376. The number of hydrogen-bond acceptors (Lipinski definition) is 9. The minimum absolute atomic E-state index is 0.263. The van der Waals surface area contributed by atoms with E-state index in [1.54, 1.807) is 0 Å². The number of esters is 1. The third kappa shape index (κ3) is 5.64. The van der Waals surface area contributed by atoms with Gasteiger partial charge >= 0.3 is 23.9 Å². The lowest BCUT2D eigenvalue weighted by atomic mass is 9.96. The zero-order valence-electron chi connectivity index (χ0n) is 15.9. The maximum atomic E-state index is 12.1. The highest BCUT2D eigenvalue weighted by Gasteiger charge is 2.53. The van der Waals surface area contributed by atoms with E-state index >= 15 is 0 Å². The number of carboxylic acid groups (broad SMARTS) is 3. The number of likely N-dealkylation sites (tertiary alicyclic amines) is 1. The number of carbonyl (C=O) groups is 6. The Labute approximate surface area is 169 Å². The molecule has 0 unspecified atom stereocenters. The average Bonchev–Trinajstić information content (AvgIpc) is 2.93. The lowest BCUT2D eigenvalue weighted by molar-refractivity contribution is -0.185. The molecule has 1 rings (SSSR count). The van der Waals surface area contributed by atoms with Gasteiger partial charge in [0, 0.05) is 12.8 Å². The predicted octanol–water partition coefficient (Wildman–Crippen LogP) is -2.89. The van der Waals surface area contributed by atoms with Crippen LogP contribution in [0.15, 0.2) is 0 Å². The third-order valence-corrected chi connectivity index (χ3v) is 4.41. The predicted molar refractivity (Wildman–Crippen MR) is 91.6 cm³/mol. The molecule has 168 valence electrons. The van der Waals surface area contributed by atoms with Crippen LogP contribution in [0.25, 0.3) is 0 Å². The van der Waals surface area contributed by atoms with E-state index in [1.807, 2.05) is 0 Å². The molecule has 6 N–H and O–H groups in total. The molecule has 14 heteroatoms. The molecule has 1 fully saturated rings. The van der Waals surface area contributed by atoms with Gasteiger partial charge in [-0.2, -0.15) is 0 Å². The van der Waals surface area contributed by atoms with Gasteiger partial charge in [-0.05, 0) is 6.92 Å². The first kappa shape index (κ1) is 24.8. The van der Waals surface area contributed by atoms with Gasteiger partial charge in [0.1, 0.15) is 12.6 Å². The third-order valence-electron chi connectivity index (χ3n) is 4.41. The van der Waals surface area contributed by atoms with Crippen LogP contribution in [0.1, 0.15) is 32.6 Å². The van der Waals surface area contributed by atoms with E-state index in [4.69, 9.17) is 15.3 Å². The lowest BCUT2D eigenvalue weighted by Gasteiger charge is -2.33. The van der Waals surface area contributed by atoms with Crippen LogP contribution >= 0.6 is 0 Å². The lowest BCUT2D eigenvalue weighted by Crippen LogP contribution is -2.59. The molecule has 14 nitrogen and oxygen atoms in total. The first-order valence-corrected chi connectivity index (χ1v) is 8.63. The number of ether oxygens (including phenoxy) is 1. The summed E-state index contributed by atoms with van der Waals surface area (Å²) in [5.74, 6) is -8.08. The highest BCUT2D eigenvalue weighted by Crippen LogP contribution is 2.30. The van der Waals surface area contributed by atoms with Crippen molar-refractivity contribution in [3.63, 3.8) is 0 Å². The second-order valence-corrected chi connectivity index (χ2v) is 6.66. The number of amides is 2. The smallest absolute Gasteiger partial charge is 0.357 e. The molecule has 0 aromatic rings. The van der Waals surface area contributed by atoms with Crippen LogP contribution in [-0.4, -0.2) is 96.6 Å². The van der Waals surface area contributed by atoms with E-state index < -0.39 is 72.5 Å². The second-order valence-electron chi connectivity index (χ2n) is 6.66. The summed E-state index contributed by atoms with van der Waals surface area (Å²) in [5, 5.41) is 48.7. The van der Waals surface area contributed by atoms with Crippen LogP contribution in [0.4, 0.5) is 0 Å². The maximum absolute atomic E-state index is 12.1. The second kappa shape index (κ2) is 9.49. The minimum atomic E-state index is -2.86. The molecule has 0 saturated carbocycles. The normalized spacial score (nSPS) is 21.4. The number of aliphatic carboxylic acids is 3. The molecule has 0 aromatic carbocycles. The molecule has 0 spiro atoms. The van der Waals surface area contributed by atoms with Gasteiger partial charge in [-0.25, -0.2) is 9.59 Å². The number of carbonyl (C=O) groups excluding carboxylic acids is 3. The Morgan fingerprint density at radius 3 is 2.30 bits per heavy atom. The van der Waals surface area contributed by atoms with Gasteiger partial charge in [0.2, 0.25) is 17.5 Å². The van der Waals surface area contributed by atoms with Gasteiger partial charge in [0.05, 0.1) is 19.4 Å². The van der Waals surface area contributed by atoms with Crippen molar-refractivity contribution >= 4 is 35.7 Å². The molecular weight excluding hydrogens is 412 g/mol. The zero-order chi connectivity index (χ0) is 23.3. The number of nitrogens with zero attached hydrogens (tertiary/aromatic N) is 1. The Kier molecular flexibility index (Phi) is 7.84. The molecule has 0 bridgehead atoms. The molecule has 1 saturated heterocycles. The van der Waals surface area contributed by atoms with Crippen LogP contribution in [0.5, 0.6) is 0 Å². The van der Waals surface area contributed by atoms with Crippen molar-refractivity contribution in [1.29, 1.82) is 0 Å². The van der Waals surface area contributed by atoms with Gasteiger partial charge < -0.3 is 35.6 Å². The van der Waals surface area contributed by atoms with E-state index in [9.17, 15) is 39.0 Å². The number of aliphatic hydroxyl groups is 2. The molecule has 2 amide bonds. The standard InChI is InChI=1S/C16H22N2O12/c1-8(18-9(19)2-3-16(18,29)14(26)27)12(23)17-4-5-30-11(22)7-15(28,13(24)25)6-10(20)21/h8,28-29H,2-7H2,1H3,(H,17,23)(H,20,21)(H,24,25)(H,26,27)/t8-,15-,16-/m1/s1. The molecule has 3 atom stereocenters. The monoisotopic (exact) mass is 434 g/mol. The molecule has 0 aliphatic carbocycles. The average molecular weight is 434 g/mol. The Bertz CT molecular complexity index is 753. The van der Waals surface area contributed by atoms with Crippen molar-refractivity contribution in [2.24, 2.45) is 0 Å². The summed E-state index contributed by atoms with van der Waals surface area (Å²) in [6, 6.07) is -1.36. The van der Waals surface area contributed by atoms with E-state index in [2.05, 4.69) is 10.1 Å². The number of carboxylic acids is 3. The van der Waals surface area contributed by atoms with Gasteiger partial charge in [-0.3, -0.25) is 24.1 Å². The SMILES string of the molecule is C[C@H](C(=O)NCCOC(=O)C[C@](O)(CC(=O)O)C(=O)O)N1C(=O)CC[C@@]1(O)C(=O)O. The van der Waals surface area contributed by atoms with Crippen LogP contribution in [-0.2, 0) is 33.5 Å². The van der Waals surface area contributed by atoms with Gasteiger partial charge in [-0.15, -0.1) is 0 Å².